The zero-order valence-corrected chi connectivity index (χ0v) is 11.4. The predicted octanol–water partition coefficient (Wildman–Crippen LogP) is 1.28. The highest BCUT2D eigenvalue weighted by atomic mass is 16.2. The van der Waals surface area contributed by atoms with Crippen molar-refractivity contribution in [1.29, 1.82) is 0 Å². The van der Waals surface area contributed by atoms with Crippen LogP contribution in [0.4, 0.5) is 5.69 Å². The van der Waals surface area contributed by atoms with E-state index in [2.05, 4.69) is 22.1 Å². The van der Waals surface area contributed by atoms with Crippen molar-refractivity contribution in [1.82, 2.24) is 4.98 Å². The van der Waals surface area contributed by atoms with Gasteiger partial charge in [-0.3, -0.25) is 9.59 Å². The lowest BCUT2D eigenvalue weighted by molar-refractivity contribution is 0.102. The van der Waals surface area contributed by atoms with Gasteiger partial charge >= 0.3 is 0 Å². The van der Waals surface area contributed by atoms with Crippen LogP contribution in [0.1, 0.15) is 21.5 Å². The molecule has 0 aliphatic rings. The molecule has 0 saturated heterocycles. The summed E-state index contributed by atoms with van der Waals surface area (Å²) in [7, 11) is 0. The molecule has 106 valence electrons. The van der Waals surface area contributed by atoms with Crippen molar-refractivity contribution in [2.24, 2.45) is 0 Å². The molecule has 5 nitrogen and oxygen atoms in total. The lowest BCUT2D eigenvalue weighted by Gasteiger charge is -2.08. The lowest BCUT2D eigenvalue weighted by atomic mass is 10.1. The number of anilines is 1. The Morgan fingerprint density at radius 1 is 1.33 bits per heavy atom. The summed E-state index contributed by atoms with van der Waals surface area (Å²) in [6.07, 6.45) is 1.35. The van der Waals surface area contributed by atoms with Crippen molar-refractivity contribution in [2.75, 3.05) is 11.9 Å². The largest absolute Gasteiger partial charge is 0.384 e. The van der Waals surface area contributed by atoms with Crippen molar-refractivity contribution in [3.8, 4) is 11.8 Å². The first kappa shape index (κ1) is 14.6. The number of aliphatic hydroxyl groups excluding tert-OH is 1. The summed E-state index contributed by atoms with van der Waals surface area (Å²) in [6.45, 7) is 1.65. The van der Waals surface area contributed by atoms with E-state index in [1.165, 1.54) is 18.3 Å². The summed E-state index contributed by atoms with van der Waals surface area (Å²) < 4.78 is 0. The minimum Gasteiger partial charge on any atom is -0.384 e. The minimum atomic E-state index is -0.344. The van der Waals surface area contributed by atoms with Crippen LogP contribution in [0.5, 0.6) is 0 Å². The molecule has 1 heterocycles. The van der Waals surface area contributed by atoms with Crippen molar-refractivity contribution < 1.29 is 9.90 Å². The molecule has 2 aromatic rings. The number of hydrogen-bond donors (Lipinski definition) is 3. The van der Waals surface area contributed by atoms with Crippen LogP contribution in [-0.4, -0.2) is 22.6 Å². The Balaban J connectivity index is 2.29. The van der Waals surface area contributed by atoms with Crippen LogP contribution in [0.15, 0.2) is 41.3 Å². The van der Waals surface area contributed by atoms with E-state index >= 15 is 0 Å². The van der Waals surface area contributed by atoms with Gasteiger partial charge in [-0.05, 0) is 30.7 Å². The van der Waals surface area contributed by atoms with Crippen LogP contribution >= 0.6 is 0 Å². The van der Waals surface area contributed by atoms with Gasteiger partial charge in [0.15, 0.2) is 0 Å². The number of nitrogens with one attached hydrogen (secondary N) is 2. The molecular formula is C16H14N2O3. The van der Waals surface area contributed by atoms with E-state index in [9.17, 15) is 9.59 Å². The second-order valence-electron chi connectivity index (χ2n) is 4.40. The Hall–Kier alpha value is -2.84. The van der Waals surface area contributed by atoms with Gasteiger partial charge in [-0.15, -0.1) is 0 Å². The van der Waals surface area contributed by atoms with Crippen LogP contribution in [0, 0.1) is 18.8 Å². The van der Waals surface area contributed by atoms with E-state index in [0.29, 0.717) is 16.8 Å². The molecule has 0 aliphatic heterocycles. The number of aryl methyl sites for hydroxylation is 1. The van der Waals surface area contributed by atoms with Gasteiger partial charge in [0.1, 0.15) is 6.61 Å². The quantitative estimate of drug-likeness (QED) is 0.726. The number of amides is 1. The number of benzene rings is 1. The number of carbonyl (C=O) groups excluding carboxylic acids is 1. The van der Waals surface area contributed by atoms with Gasteiger partial charge in [0.05, 0.1) is 11.3 Å². The topological polar surface area (TPSA) is 82.2 Å². The Morgan fingerprint density at radius 3 is 2.81 bits per heavy atom. The highest BCUT2D eigenvalue weighted by molar-refractivity contribution is 6.04. The van der Waals surface area contributed by atoms with Gasteiger partial charge in [0.2, 0.25) is 5.56 Å². The predicted molar refractivity (Wildman–Crippen MR) is 80.2 cm³/mol. The Morgan fingerprint density at radius 2 is 2.14 bits per heavy atom. The molecule has 0 fully saturated rings. The first-order valence-corrected chi connectivity index (χ1v) is 6.30. The van der Waals surface area contributed by atoms with Crippen molar-refractivity contribution in [2.45, 2.75) is 6.92 Å². The zero-order valence-electron chi connectivity index (χ0n) is 11.4. The number of aliphatic hydroxyl groups is 1. The van der Waals surface area contributed by atoms with Crippen LogP contribution < -0.4 is 10.9 Å². The van der Waals surface area contributed by atoms with E-state index in [1.807, 2.05) is 13.0 Å². The molecule has 2 rings (SSSR count). The van der Waals surface area contributed by atoms with E-state index in [-0.39, 0.29) is 18.1 Å². The second kappa shape index (κ2) is 6.55. The molecule has 0 spiro atoms. The third-order valence-electron chi connectivity index (χ3n) is 2.77. The fraction of sp³-hybridized carbons (Fsp3) is 0.125. The number of aromatic amines is 1. The van der Waals surface area contributed by atoms with E-state index in [1.54, 1.807) is 12.1 Å². The third-order valence-corrected chi connectivity index (χ3v) is 2.77. The van der Waals surface area contributed by atoms with E-state index < -0.39 is 0 Å². The fourth-order valence-corrected chi connectivity index (χ4v) is 1.75. The van der Waals surface area contributed by atoms with Crippen LogP contribution in [0.2, 0.25) is 0 Å². The molecule has 0 saturated carbocycles. The second-order valence-corrected chi connectivity index (χ2v) is 4.40. The molecule has 1 aromatic heterocycles. The number of pyridine rings is 1. The summed E-state index contributed by atoms with van der Waals surface area (Å²) in [4.78, 5) is 25.6. The average Bonchev–Trinajstić information content (AvgIpc) is 2.47. The summed E-state index contributed by atoms with van der Waals surface area (Å²) in [5.74, 6) is 4.99. The SMILES string of the molecule is Cc1ccc(C#CCO)c(NC(=O)c2ccc(=O)[nH]c2)c1. The molecule has 0 radical (unpaired) electrons. The highest BCUT2D eigenvalue weighted by Gasteiger charge is 2.08. The van der Waals surface area contributed by atoms with Crippen LogP contribution in [0.3, 0.4) is 0 Å². The molecule has 0 unspecified atom stereocenters. The first-order chi connectivity index (χ1) is 10.1. The molecule has 0 bridgehead atoms. The molecule has 1 amide bonds. The summed E-state index contributed by atoms with van der Waals surface area (Å²) in [5, 5.41) is 11.5. The average molecular weight is 282 g/mol. The maximum absolute atomic E-state index is 12.1. The monoisotopic (exact) mass is 282 g/mol. The van der Waals surface area contributed by atoms with Crippen molar-refractivity contribution in [3.05, 3.63) is 63.6 Å². The van der Waals surface area contributed by atoms with E-state index in [0.717, 1.165) is 5.56 Å². The first-order valence-electron chi connectivity index (χ1n) is 6.30. The molecule has 0 aliphatic carbocycles. The standard InChI is InChI=1S/C16H14N2O3/c1-11-4-5-12(3-2-8-19)14(9-11)18-16(21)13-6-7-15(20)17-10-13/h4-7,9-10,19H,8H2,1H3,(H,17,20)(H,18,21). The number of rotatable bonds is 2. The maximum Gasteiger partial charge on any atom is 0.257 e. The number of aromatic nitrogens is 1. The van der Waals surface area contributed by atoms with E-state index in [4.69, 9.17) is 5.11 Å². The molecular weight excluding hydrogens is 268 g/mol. The van der Waals surface area contributed by atoms with Crippen LogP contribution in [-0.2, 0) is 0 Å². The smallest absolute Gasteiger partial charge is 0.257 e. The van der Waals surface area contributed by atoms with Gasteiger partial charge in [-0.1, -0.05) is 17.9 Å². The fourth-order valence-electron chi connectivity index (χ4n) is 1.75. The van der Waals surface area contributed by atoms with Crippen LogP contribution in [0.25, 0.3) is 0 Å². The Bertz CT molecular complexity index is 762. The molecule has 1 aromatic carbocycles. The normalized spacial score (nSPS) is 9.62. The summed E-state index contributed by atoms with van der Waals surface area (Å²) in [6, 6.07) is 8.18. The summed E-state index contributed by atoms with van der Waals surface area (Å²) >= 11 is 0. The maximum atomic E-state index is 12.1. The Kier molecular flexibility index (Phi) is 4.54. The number of hydrogen-bond acceptors (Lipinski definition) is 3. The van der Waals surface area contributed by atoms with Gasteiger partial charge in [-0.2, -0.15) is 0 Å². The van der Waals surface area contributed by atoms with Crippen molar-refractivity contribution in [3.63, 3.8) is 0 Å². The van der Waals surface area contributed by atoms with Crippen molar-refractivity contribution >= 4 is 11.6 Å². The van der Waals surface area contributed by atoms with Gasteiger partial charge in [0, 0.05) is 17.8 Å². The zero-order chi connectivity index (χ0) is 15.2. The highest BCUT2D eigenvalue weighted by Crippen LogP contribution is 2.17. The summed E-state index contributed by atoms with van der Waals surface area (Å²) in [5.41, 5.74) is 2.23. The Labute approximate surface area is 121 Å². The molecule has 21 heavy (non-hydrogen) atoms. The molecule has 3 N–H and O–H groups in total. The molecule has 0 atom stereocenters. The van der Waals surface area contributed by atoms with Gasteiger partial charge in [-0.25, -0.2) is 0 Å². The lowest BCUT2D eigenvalue weighted by Crippen LogP contribution is -2.15. The molecule has 5 heteroatoms. The van der Waals surface area contributed by atoms with Gasteiger partial charge in [0.25, 0.3) is 5.91 Å². The number of carbonyl (C=O) groups is 1. The minimum absolute atomic E-state index is 0.249. The van der Waals surface area contributed by atoms with Gasteiger partial charge < -0.3 is 15.4 Å². The third kappa shape index (κ3) is 3.81. The number of H-pyrrole nitrogens is 1.